The third-order valence-electron chi connectivity index (χ3n) is 6.36. The molecule has 2 saturated heterocycles. The van der Waals surface area contributed by atoms with E-state index in [0.717, 1.165) is 38.8 Å². The Bertz CT molecular complexity index is 452. The summed E-state index contributed by atoms with van der Waals surface area (Å²) in [7, 11) is 3.76. The van der Waals surface area contributed by atoms with E-state index in [1.54, 1.807) is 7.11 Å². The summed E-state index contributed by atoms with van der Waals surface area (Å²) in [5, 5.41) is 24.5. The van der Waals surface area contributed by atoms with Crippen molar-refractivity contribution in [2.75, 3.05) is 40.4 Å². The summed E-state index contributed by atoms with van der Waals surface area (Å²) in [6.45, 7) is 5.51. The van der Waals surface area contributed by atoms with Gasteiger partial charge in [0.15, 0.2) is 0 Å². The van der Waals surface area contributed by atoms with Crippen molar-refractivity contribution in [1.82, 2.24) is 26.2 Å². The number of ether oxygens (including phenoxy) is 2. The molecule has 2 heterocycles. The molecular weight excluding hydrogens is 358 g/mol. The lowest BCUT2D eigenvalue weighted by Crippen LogP contribution is -2.68. The van der Waals surface area contributed by atoms with Crippen LogP contribution in [0.25, 0.3) is 0 Å². The van der Waals surface area contributed by atoms with Crippen molar-refractivity contribution in [2.45, 2.75) is 88.3 Å². The van der Waals surface area contributed by atoms with Crippen LogP contribution in [0.4, 0.5) is 0 Å². The number of rotatable bonds is 9. The largest absolute Gasteiger partial charge is 0.389 e. The highest BCUT2D eigenvalue weighted by molar-refractivity contribution is 4.89. The molecule has 0 aromatic heterocycles. The average molecular weight is 400 g/mol. The van der Waals surface area contributed by atoms with Crippen LogP contribution in [0, 0.1) is 0 Å². The van der Waals surface area contributed by atoms with Crippen molar-refractivity contribution in [3.8, 4) is 0 Å². The van der Waals surface area contributed by atoms with Crippen LogP contribution in [-0.2, 0) is 9.47 Å². The first-order valence-corrected chi connectivity index (χ1v) is 11.1. The van der Waals surface area contributed by atoms with Crippen molar-refractivity contribution in [3.63, 3.8) is 0 Å². The van der Waals surface area contributed by atoms with Gasteiger partial charge in [-0.25, -0.2) is 0 Å². The summed E-state index contributed by atoms with van der Waals surface area (Å²) in [6.07, 6.45) is 6.58. The van der Waals surface area contributed by atoms with Gasteiger partial charge in [-0.15, -0.1) is 0 Å². The number of likely N-dealkylation sites (tertiary alicyclic amines) is 1. The van der Waals surface area contributed by atoms with E-state index < -0.39 is 6.10 Å². The lowest BCUT2D eigenvalue weighted by atomic mass is 9.90. The molecule has 6 unspecified atom stereocenters. The number of aliphatic hydroxyl groups excluding tert-OH is 1. The van der Waals surface area contributed by atoms with E-state index in [0.29, 0.717) is 31.4 Å². The molecule has 0 radical (unpaired) electrons. The molecule has 5 N–H and O–H groups in total. The molecule has 0 amide bonds. The number of nitrogens with one attached hydrogen (secondary N) is 4. The number of hydrogen-bond donors (Lipinski definition) is 5. The fraction of sp³-hybridized carbons (Fsp3) is 1.00. The molecule has 3 rings (SSSR count). The third kappa shape index (κ3) is 6.60. The molecule has 8 nitrogen and oxygen atoms in total. The highest BCUT2D eigenvalue weighted by Crippen LogP contribution is 2.25. The van der Waals surface area contributed by atoms with Crippen LogP contribution in [0.5, 0.6) is 0 Å². The smallest absolute Gasteiger partial charge is 0.113 e. The van der Waals surface area contributed by atoms with Crippen molar-refractivity contribution in [2.24, 2.45) is 0 Å². The molecule has 0 aromatic carbocycles. The Hall–Kier alpha value is -0.320. The SMILES string of the molecule is CNC1CC(C)NC(NC2CCC(OC)C(OC[C@@H](O)CN3CCCC3)C2)N1. The van der Waals surface area contributed by atoms with Gasteiger partial charge in [-0.2, -0.15) is 0 Å². The quantitative estimate of drug-likeness (QED) is 0.364. The van der Waals surface area contributed by atoms with Crippen LogP contribution in [-0.4, -0.2) is 93.3 Å². The summed E-state index contributed by atoms with van der Waals surface area (Å²) in [4.78, 5) is 2.33. The van der Waals surface area contributed by atoms with Crippen LogP contribution in [0.2, 0.25) is 0 Å². The Kier molecular flexibility index (Phi) is 8.93. The zero-order valence-corrected chi connectivity index (χ0v) is 17.8. The summed E-state index contributed by atoms with van der Waals surface area (Å²) < 4.78 is 11.8. The molecular formula is C20H41N5O3. The first kappa shape index (κ1) is 22.4. The van der Waals surface area contributed by atoms with Crippen molar-refractivity contribution >= 4 is 0 Å². The molecule has 0 aromatic rings. The molecule has 0 bridgehead atoms. The maximum Gasteiger partial charge on any atom is 0.113 e. The van der Waals surface area contributed by atoms with E-state index >= 15 is 0 Å². The highest BCUT2D eigenvalue weighted by atomic mass is 16.5. The van der Waals surface area contributed by atoms with Crippen LogP contribution >= 0.6 is 0 Å². The fourth-order valence-corrected chi connectivity index (χ4v) is 4.80. The van der Waals surface area contributed by atoms with Crippen molar-refractivity contribution < 1.29 is 14.6 Å². The summed E-state index contributed by atoms with van der Waals surface area (Å²) >= 11 is 0. The first-order valence-electron chi connectivity index (χ1n) is 11.1. The van der Waals surface area contributed by atoms with Gasteiger partial charge < -0.3 is 24.8 Å². The van der Waals surface area contributed by atoms with Crippen LogP contribution in [0.1, 0.15) is 45.4 Å². The van der Waals surface area contributed by atoms with Gasteiger partial charge in [0.2, 0.25) is 0 Å². The number of nitrogens with zero attached hydrogens (tertiary/aromatic N) is 1. The Balaban J connectivity index is 1.45. The standard InChI is InChI=1S/C20H41N5O3/c1-14-10-19(21-2)24-20(22-14)23-15-6-7-17(27-3)18(11-15)28-13-16(26)12-25-8-4-5-9-25/h14-24,26H,4-13H2,1-3H3/t14?,15?,16-,17?,18?,19?,20?/m0/s1. The predicted molar refractivity (Wildman–Crippen MR) is 110 cm³/mol. The van der Waals surface area contributed by atoms with Gasteiger partial charge in [0.05, 0.1) is 31.1 Å². The van der Waals surface area contributed by atoms with Gasteiger partial charge >= 0.3 is 0 Å². The number of β-amino-alcohol motifs (C(OH)–C–C–N with tert-alkyl or cyclic N) is 1. The van der Waals surface area contributed by atoms with Gasteiger partial charge in [0.25, 0.3) is 0 Å². The van der Waals surface area contributed by atoms with Gasteiger partial charge in [-0.1, -0.05) is 0 Å². The van der Waals surface area contributed by atoms with Crippen molar-refractivity contribution in [1.29, 1.82) is 0 Å². The van der Waals surface area contributed by atoms with E-state index in [1.807, 2.05) is 7.05 Å². The lowest BCUT2D eigenvalue weighted by molar-refractivity contribution is -0.104. The number of hydrogen-bond acceptors (Lipinski definition) is 8. The maximum atomic E-state index is 10.4. The summed E-state index contributed by atoms with van der Waals surface area (Å²) in [5.74, 6) is 0. The second kappa shape index (κ2) is 11.2. The molecule has 3 aliphatic rings. The van der Waals surface area contributed by atoms with E-state index in [2.05, 4.69) is 33.1 Å². The molecule has 0 spiro atoms. The molecule has 1 aliphatic carbocycles. The van der Waals surface area contributed by atoms with Crippen LogP contribution < -0.4 is 21.3 Å². The molecule has 2 aliphatic heterocycles. The topological polar surface area (TPSA) is 90.0 Å². The maximum absolute atomic E-state index is 10.4. The van der Waals surface area contributed by atoms with E-state index in [9.17, 15) is 5.11 Å². The van der Waals surface area contributed by atoms with E-state index in [4.69, 9.17) is 9.47 Å². The summed E-state index contributed by atoms with van der Waals surface area (Å²) in [6, 6.07) is 0.819. The van der Waals surface area contributed by atoms with E-state index in [-0.39, 0.29) is 18.5 Å². The van der Waals surface area contributed by atoms with Gasteiger partial charge in [-0.05, 0) is 65.6 Å². The number of methoxy groups -OCH3 is 1. The normalized spacial score (nSPS) is 38.6. The van der Waals surface area contributed by atoms with Gasteiger partial charge in [0.1, 0.15) is 6.29 Å². The molecule has 164 valence electrons. The lowest BCUT2D eigenvalue weighted by Gasteiger charge is -2.41. The van der Waals surface area contributed by atoms with Crippen molar-refractivity contribution in [3.05, 3.63) is 0 Å². The molecule has 8 heteroatoms. The Labute approximate surface area is 170 Å². The second-order valence-electron chi connectivity index (χ2n) is 8.73. The van der Waals surface area contributed by atoms with Gasteiger partial charge in [-0.3, -0.25) is 16.0 Å². The van der Waals surface area contributed by atoms with Crippen LogP contribution in [0.3, 0.4) is 0 Å². The molecule has 28 heavy (non-hydrogen) atoms. The second-order valence-corrected chi connectivity index (χ2v) is 8.73. The molecule has 1 saturated carbocycles. The number of aliphatic hydroxyl groups is 1. The molecule has 7 atom stereocenters. The predicted octanol–water partition coefficient (Wildman–Crippen LogP) is -0.214. The average Bonchev–Trinajstić information content (AvgIpc) is 3.19. The Morgan fingerprint density at radius 3 is 2.64 bits per heavy atom. The Morgan fingerprint density at radius 2 is 1.93 bits per heavy atom. The zero-order chi connectivity index (χ0) is 19.9. The third-order valence-corrected chi connectivity index (χ3v) is 6.36. The monoisotopic (exact) mass is 399 g/mol. The highest BCUT2D eigenvalue weighted by Gasteiger charge is 2.34. The minimum absolute atomic E-state index is 0.0191. The first-order chi connectivity index (χ1) is 13.6. The minimum Gasteiger partial charge on any atom is -0.389 e. The van der Waals surface area contributed by atoms with Gasteiger partial charge in [0, 0.05) is 25.7 Å². The Morgan fingerprint density at radius 1 is 1.14 bits per heavy atom. The fourth-order valence-electron chi connectivity index (χ4n) is 4.80. The zero-order valence-electron chi connectivity index (χ0n) is 17.8. The summed E-state index contributed by atoms with van der Waals surface area (Å²) in [5.41, 5.74) is 0. The minimum atomic E-state index is -0.428. The van der Waals surface area contributed by atoms with E-state index in [1.165, 1.54) is 12.8 Å². The molecule has 3 fully saturated rings. The van der Waals surface area contributed by atoms with Crippen LogP contribution in [0.15, 0.2) is 0 Å².